The van der Waals surface area contributed by atoms with Crippen LogP contribution in [0.2, 0.25) is 0 Å². The fourth-order valence-corrected chi connectivity index (χ4v) is 3.57. The van der Waals surface area contributed by atoms with Crippen LogP contribution in [-0.2, 0) is 11.2 Å². The van der Waals surface area contributed by atoms with E-state index in [9.17, 15) is 4.79 Å². The van der Waals surface area contributed by atoms with Gasteiger partial charge in [-0.25, -0.2) is 0 Å². The summed E-state index contributed by atoms with van der Waals surface area (Å²) in [4.78, 5) is 12.2. The summed E-state index contributed by atoms with van der Waals surface area (Å²) in [5, 5.41) is 15.2. The Bertz CT molecular complexity index is 994. The van der Waals surface area contributed by atoms with Crippen molar-refractivity contribution >= 4 is 17.7 Å². The molecule has 0 radical (unpaired) electrons. The summed E-state index contributed by atoms with van der Waals surface area (Å²) < 4.78 is 17.6. The normalized spacial score (nSPS) is 10.5. The standard InChI is InChI=1S/C21H25N5O4S/c1-4-30-17-8-6-16(7-9-17)26-21(23-24-25-26)31-14-20(27)22-12-11-15-5-10-18(28-2)19(13-15)29-3/h5-10,13H,4,11-12,14H2,1-3H3,(H,22,27). The van der Waals surface area contributed by atoms with E-state index in [1.807, 2.05) is 49.4 Å². The lowest BCUT2D eigenvalue weighted by molar-refractivity contribution is -0.118. The van der Waals surface area contributed by atoms with Gasteiger partial charge in [0.05, 0.1) is 32.3 Å². The third-order valence-electron chi connectivity index (χ3n) is 4.35. The number of hydrogen-bond donors (Lipinski definition) is 1. The van der Waals surface area contributed by atoms with Crippen molar-refractivity contribution in [1.29, 1.82) is 0 Å². The van der Waals surface area contributed by atoms with Gasteiger partial charge < -0.3 is 19.5 Å². The van der Waals surface area contributed by atoms with Crippen molar-refractivity contribution in [2.24, 2.45) is 0 Å². The molecule has 3 aromatic rings. The molecule has 0 atom stereocenters. The molecule has 0 aliphatic carbocycles. The number of methoxy groups -OCH3 is 2. The molecule has 0 spiro atoms. The average Bonchev–Trinajstić information content (AvgIpc) is 3.27. The van der Waals surface area contributed by atoms with E-state index in [-0.39, 0.29) is 11.7 Å². The van der Waals surface area contributed by atoms with Gasteiger partial charge in [0, 0.05) is 6.54 Å². The van der Waals surface area contributed by atoms with E-state index in [1.165, 1.54) is 11.8 Å². The van der Waals surface area contributed by atoms with E-state index in [1.54, 1.807) is 18.9 Å². The first-order chi connectivity index (χ1) is 15.1. The summed E-state index contributed by atoms with van der Waals surface area (Å²) in [6.07, 6.45) is 0.681. The first-order valence-electron chi connectivity index (χ1n) is 9.76. The molecule has 0 unspecified atom stereocenters. The van der Waals surface area contributed by atoms with E-state index in [0.717, 1.165) is 17.0 Å². The SMILES string of the molecule is CCOc1ccc(-n2nnnc2SCC(=O)NCCc2ccc(OC)c(OC)c2)cc1. The first-order valence-corrected chi connectivity index (χ1v) is 10.7. The molecule has 164 valence electrons. The summed E-state index contributed by atoms with van der Waals surface area (Å²) in [5.41, 5.74) is 1.84. The highest BCUT2D eigenvalue weighted by molar-refractivity contribution is 7.99. The Morgan fingerprint density at radius 1 is 1.10 bits per heavy atom. The van der Waals surface area contributed by atoms with Gasteiger partial charge in [-0.05, 0) is 65.7 Å². The number of benzene rings is 2. The zero-order valence-corrected chi connectivity index (χ0v) is 18.5. The van der Waals surface area contributed by atoms with Crippen molar-refractivity contribution in [2.45, 2.75) is 18.5 Å². The van der Waals surface area contributed by atoms with Gasteiger partial charge in [0.25, 0.3) is 0 Å². The highest BCUT2D eigenvalue weighted by Crippen LogP contribution is 2.27. The van der Waals surface area contributed by atoms with Crippen molar-refractivity contribution in [2.75, 3.05) is 33.1 Å². The zero-order valence-electron chi connectivity index (χ0n) is 17.7. The molecule has 1 heterocycles. The summed E-state index contributed by atoms with van der Waals surface area (Å²) >= 11 is 1.28. The Labute approximate surface area is 185 Å². The van der Waals surface area contributed by atoms with Crippen LogP contribution in [0.15, 0.2) is 47.6 Å². The maximum absolute atomic E-state index is 12.2. The molecule has 9 nitrogen and oxygen atoms in total. The molecule has 2 aromatic carbocycles. The fraction of sp³-hybridized carbons (Fsp3) is 0.333. The average molecular weight is 444 g/mol. The molecule has 0 aliphatic heterocycles. The predicted octanol–water partition coefficient (Wildman–Crippen LogP) is 2.53. The quantitative estimate of drug-likeness (QED) is 0.451. The molecular weight excluding hydrogens is 418 g/mol. The molecule has 0 bridgehead atoms. The number of nitrogens with one attached hydrogen (secondary N) is 1. The molecule has 0 aliphatic rings. The number of amides is 1. The van der Waals surface area contributed by atoms with Crippen LogP contribution < -0.4 is 19.5 Å². The molecule has 31 heavy (non-hydrogen) atoms. The Morgan fingerprint density at radius 2 is 1.87 bits per heavy atom. The van der Waals surface area contributed by atoms with Crippen LogP contribution in [0, 0.1) is 0 Å². The highest BCUT2D eigenvalue weighted by Gasteiger charge is 2.12. The number of tetrazole rings is 1. The lowest BCUT2D eigenvalue weighted by Crippen LogP contribution is -2.27. The van der Waals surface area contributed by atoms with E-state index in [0.29, 0.717) is 36.2 Å². The maximum Gasteiger partial charge on any atom is 0.230 e. The second-order valence-electron chi connectivity index (χ2n) is 6.38. The molecule has 1 N–H and O–H groups in total. The van der Waals surface area contributed by atoms with Crippen molar-refractivity contribution in [3.8, 4) is 22.9 Å². The minimum absolute atomic E-state index is 0.0910. The Morgan fingerprint density at radius 3 is 2.58 bits per heavy atom. The van der Waals surface area contributed by atoms with Crippen LogP contribution in [0.3, 0.4) is 0 Å². The third-order valence-corrected chi connectivity index (χ3v) is 5.27. The monoisotopic (exact) mass is 443 g/mol. The summed E-state index contributed by atoms with van der Waals surface area (Å²) in [7, 11) is 3.20. The topological polar surface area (TPSA) is 100 Å². The van der Waals surface area contributed by atoms with Crippen molar-refractivity contribution < 1.29 is 19.0 Å². The summed E-state index contributed by atoms with van der Waals surface area (Å²) in [6, 6.07) is 13.2. The number of ether oxygens (including phenoxy) is 3. The Kier molecular flexibility index (Phi) is 8.11. The highest BCUT2D eigenvalue weighted by atomic mass is 32.2. The summed E-state index contributed by atoms with van der Waals surface area (Å²) in [6.45, 7) is 3.05. The Hall–Kier alpha value is -3.27. The molecule has 1 aromatic heterocycles. The first kappa shape index (κ1) is 22.4. The number of nitrogens with zero attached hydrogens (tertiary/aromatic N) is 4. The Balaban J connectivity index is 1.49. The van der Waals surface area contributed by atoms with Crippen LogP contribution >= 0.6 is 11.8 Å². The van der Waals surface area contributed by atoms with Gasteiger partial charge in [0.1, 0.15) is 5.75 Å². The van der Waals surface area contributed by atoms with Crippen LogP contribution in [0.25, 0.3) is 5.69 Å². The third kappa shape index (κ3) is 6.11. The number of carbonyl (C=O) groups is 1. The minimum atomic E-state index is -0.0910. The molecule has 0 fully saturated rings. The van der Waals surface area contributed by atoms with E-state index < -0.39 is 0 Å². The molecule has 3 rings (SSSR count). The van der Waals surface area contributed by atoms with Crippen molar-refractivity contribution in [3.05, 3.63) is 48.0 Å². The molecule has 0 saturated carbocycles. The maximum atomic E-state index is 12.2. The minimum Gasteiger partial charge on any atom is -0.494 e. The van der Waals surface area contributed by atoms with E-state index >= 15 is 0 Å². The lowest BCUT2D eigenvalue weighted by atomic mass is 10.1. The van der Waals surface area contributed by atoms with Gasteiger partial charge in [-0.2, -0.15) is 4.68 Å². The number of carbonyl (C=O) groups excluding carboxylic acids is 1. The van der Waals surface area contributed by atoms with Crippen molar-refractivity contribution in [1.82, 2.24) is 25.5 Å². The smallest absolute Gasteiger partial charge is 0.230 e. The van der Waals surface area contributed by atoms with Gasteiger partial charge in [-0.3, -0.25) is 4.79 Å². The number of thioether (sulfide) groups is 1. The number of hydrogen-bond acceptors (Lipinski definition) is 8. The van der Waals surface area contributed by atoms with Gasteiger partial charge in [-0.15, -0.1) is 5.10 Å². The molecule has 0 saturated heterocycles. The van der Waals surface area contributed by atoms with Gasteiger partial charge in [0.15, 0.2) is 11.5 Å². The second kappa shape index (κ2) is 11.2. The molecule has 1 amide bonds. The van der Waals surface area contributed by atoms with E-state index in [2.05, 4.69) is 20.8 Å². The van der Waals surface area contributed by atoms with Gasteiger partial charge in [0.2, 0.25) is 11.1 Å². The number of rotatable bonds is 11. The largest absolute Gasteiger partial charge is 0.494 e. The van der Waals surface area contributed by atoms with Crippen LogP contribution in [0.4, 0.5) is 0 Å². The van der Waals surface area contributed by atoms with Gasteiger partial charge >= 0.3 is 0 Å². The second-order valence-corrected chi connectivity index (χ2v) is 7.32. The number of aromatic nitrogens is 4. The van der Waals surface area contributed by atoms with Crippen LogP contribution in [-0.4, -0.2) is 59.2 Å². The summed E-state index contributed by atoms with van der Waals surface area (Å²) in [5.74, 6) is 2.25. The van der Waals surface area contributed by atoms with Gasteiger partial charge in [-0.1, -0.05) is 17.8 Å². The van der Waals surface area contributed by atoms with E-state index in [4.69, 9.17) is 14.2 Å². The van der Waals surface area contributed by atoms with Crippen LogP contribution in [0.1, 0.15) is 12.5 Å². The van der Waals surface area contributed by atoms with Crippen LogP contribution in [0.5, 0.6) is 17.2 Å². The fourth-order valence-electron chi connectivity index (χ4n) is 2.84. The molecular formula is C21H25N5O4S. The predicted molar refractivity (Wildman–Crippen MR) is 117 cm³/mol. The zero-order chi connectivity index (χ0) is 22.1. The van der Waals surface area contributed by atoms with Crippen molar-refractivity contribution in [3.63, 3.8) is 0 Å². The lowest BCUT2D eigenvalue weighted by Gasteiger charge is -2.10. The molecule has 10 heteroatoms.